The van der Waals surface area contributed by atoms with E-state index in [0.29, 0.717) is 24.3 Å². The lowest BCUT2D eigenvalue weighted by molar-refractivity contribution is -0.135. The minimum absolute atomic E-state index is 0.00987. The number of nitrogens with one attached hydrogen (secondary N) is 1. The smallest absolute Gasteiger partial charge is 0.237 e. The van der Waals surface area contributed by atoms with Crippen molar-refractivity contribution in [3.8, 4) is 5.75 Å². The predicted octanol–water partition coefficient (Wildman–Crippen LogP) is 3.22. The Balaban J connectivity index is 1.32. The Bertz CT molecular complexity index is 727. The Morgan fingerprint density at radius 2 is 1.74 bits per heavy atom. The van der Waals surface area contributed by atoms with Crippen LogP contribution < -0.4 is 10.1 Å². The van der Waals surface area contributed by atoms with Gasteiger partial charge in [-0.05, 0) is 43.7 Å². The van der Waals surface area contributed by atoms with Crippen molar-refractivity contribution in [2.75, 3.05) is 26.7 Å². The molecule has 3 fully saturated rings. The first kappa shape index (κ1) is 22.1. The van der Waals surface area contributed by atoms with Crippen molar-refractivity contribution >= 4 is 11.8 Å². The molecule has 0 bridgehead atoms. The summed E-state index contributed by atoms with van der Waals surface area (Å²) in [5, 5.41) is 2.83. The molecular weight excluding hydrogens is 390 g/mol. The van der Waals surface area contributed by atoms with E-state index in [2.05, 4.69) is 15.1 Å². The molecule has 1 aromatic rings. The molecular formula is C25H37N3O3. The highest BCUT2D eigenvalue weighted by Gasteiger charge is 2.42. The van der Waals surface area contributed by atoms with Crippen LogP contribution in [0.15, 0.2) is 30.3 Å². The third-order valence-electron chi connectivity index (χ3n) is 7.37. The lowest BCUT2D eigenvalue weighted by atomic mass is 9.86. The molecule has 0 spiro atoms. The minimum Gasteiger partial charge on any atom is -0.489 e. The number of likely N-dealkylation sites (N-methyl/N-ethyl adjacent to an activating group) is 1. The van der Waals surface area contributed by atoms with Gasteiger partial charge in [0.15, 0.2) is 0 Å². The van der Waals surface area contributed by atoms with Crippen LogP contribution in [0.1, 0.15) is 57.8 Å². The average molecular weight is 428 g/mol. The number of ether oxygens (including phenoxy) is 1. The first-order chi connectivity index (χ1) is 15.1. The summed E-state index contributed by atoms with van der Waals surface area (Å²) in [5.74, 6) is 1.84. The van der Waals surface area contributed by atoms with Crippen molar-refractivity contribution in [3.05, 3.63) is 30.3 Å². The minimum atomic E-state index is -0.159. The normalized spacial score (nSPS) is 26.0. The molecule has 6 nitrogen and oxygen atoms in total. The number of nitrogens with zero attached hydrogens (tertiary/aromatic N) is 2. The van der Waals surface area contributed by atoms with E-state index in [1.165, 1.54) is 32.1 Å². The van der Waals surface area contributed by atoms with Crippen molar-refractivity contribution in [2.45, 2.75) is 76.0 Å². The third kappa shape index (κ3) is 5.59. The van der Waals surface area contributed by atoms with Gasteiger partial charge in [0, 0.05) is 45.6 Å². The Morgan fingerprint density at radius 1 is 1.03 bits per heavy atom. The Hall–Kier alpha value is -2.08. The zero-order valence-corrected chi connectivity index (χ0v) is 18.8. The van der Waals surface area contributed by atoms with E-state index in [0.717, 1.165) is 44.6 Å². The molecule has 1 aliphatic carbocycles. The molecule has 1 N–H and O–H groups in total. The quantitative estimate of drug-likeness (QED) is 0.757. The van der Waals surface area contributed by atoms with Crippen molar-refractivity contribution in [1.29, 1.82) is 0 Å². The molecule has 0 aromatic heterocycles. The lowest BCUT2D eigenvalue weighted by Gasteiger charge is -2.39. The Kier molecular flexibility index (Phi) is 7.49. The van der Waals surface area contributed by atoms with Gasteiger partial charge in [-0.2, -0.15) is 0 Å². The van der Waals surface area contributed by atoms with E-state index in [4.69, 9.17) is 4.74 Å². The monoisotopic (exact) mass is 427 g/mol. The fraction of sp³-hybridized carbons (Fsp3) is 0.680. The molecule has 2 heterocycles. The van der Waals surface area contributed by atoms with Gasteiger partial charge in [-0.15, -0.1) is 0 Å². The molecule has 4 rings (SSSR count). The average Bonchev–Trinajstić information content (AvgIpc) is 3.23. The van der Waals surface area contributed by atoms with Crippen LogP contribution >= 0.6 is 0 Å². The van der Waals surface area contributed by atoms with E-state index >= 15 is 0 Å². The van der Waals surface area contributed by atoms with E-state index in [1.807, 2.05) is 30.3 Å². The second kappa shape index (κ2) is 10.5. The van der Waals surface area contributed by atoms with Crippen LogP contribution in [0.2, 0.25) is 0 Å². The second-order valence-electron chi connectivity index (χ2n) is 9.44. The molecule has 0 radical (unpaired) electrons. The first-order valence-electron chi connectivity index (χ1n) is 12.1. The molecule has 2 aliphatic heterocycles. The number of carbonyl (C=O) groups excluding carboxylic acids is 2. The van der Waals surface area contributed by atoms with Gasteiger partial charge < -0.3 is 15.0 Å². The predicted molar refractivity (Wildman–Crippen MR) is 121 cm³/mol. The van der Waals surface area contributed by atoms with Crippen LogP contribution in [-0.2, 0) is 9.59 Å². The van der Waals surface area contributed by atoms with E-state index in [-0.39, 0.29) is 18.1 Å². The molecule has 2 atom stereocenters. The maximum Gasteiger partial charge on any atom is 0.237 e. The van der Waals surface area contributed by atoms with Crippen molar-refractivity contribution < 1.29 is 14.3 Å². The number of hydrogen-bond acceptors (Lipinski definition) is 4. The largest absolute Gasteiger partial charge is 0.489 e. The van der Waals surface area contributed by atoms with Crippen LogP contribution in [-0.4, -0.2) is 66.5 Å². The molecule has 170 valence electrons. The SMILES string of the molecule is CNC(=O)[C@@H]1C[C@H](Oc2ccccc2)CN1C1CCN(C(=O)CC2CCCCC2)CC1. The van der Waals surface area contributed by atoms with Crippen LogP contribution in [0, 0.1) is 5.92 Å². The van der Waals surface area contributed by atoms with Crippen LogP contribution in [0.4, 0.5) is 0 Å². The Morgan fingerprint density at radius 3 is 2.42 bits per heavy atom. The molecule has 31 heavy (non-hydrogen) atoms. The molecule has 1 aromatic carbocycles. The van der Waals surface area contributed by atoms with Gasteiger partial charge in [-0.1, -0.05) is 37.5 Å². The maximum atomic E-state index is 12.8. The number of amides is 2. The molecule has 0 unspecified atom stereocenters. The molecule has 2 amide bonds. The van der Waals surface area contributed by atoms with Crippen molar-refractivity contribution in [3.63, 3.8) is 0 Å². The van der Waals surface area contributed by atoms with Gasteiger partial charge in [0.2, 0.25) is 11.8 Å². The van der Waals surface area contributed by atoms with Crippen LogP contribution in [0.5, 0.6) is 5.75 Å². The number of benzene rings is 1. The summed E-state index contributed by atoms with van der Waals surface area (Å²) < 4.78 is 6.18. The summed E-state index contributed by atoms with van der Waals surface area (Å²) in [5.41, 5.74) is 0. The Labute approximate surface area is 186 Å². The van der Waals surface area contributed by atoms with Gasteiger partial charge >= 0.3 is 0 Å². The zero-order chi connectivity index (χ0) is 21.6. The van der Waals surface area contributed by atoms with Crippen LogP contribution in [0.3, 0.4) is 0 Å². The highest BCUT2D eigenvalue weighted by Crippen LogP contribution is 2.31. The van der Waals surface area contributed by atoms with Gasteiger partial charge in [0.25, 0.3) is 0 Å². The van der Waals surface area contributed by atoms with E-state index in [9.17, 15) is 9.59 Å². The fourth-order valence-electron chi connectivity index (χ4n) is 5.64. The van der Waals surface area contributed by atoms with Crippen molar-refractivity contribution in [1.82, 2.24) is 15.1 Å². The van der Waals surface area contributed by atoms with Gasteiger partial charge in [0.05, 0.1) is 6.04 Å². The van der Waals surface area contributed by atoms with Gasteiger partial charge in [0.1, 0.15) is 11.9 Å². The maximum absolute atomic E-state index is 12.8. The summed E-state index contributed by atoms with van der Waals surface area (Å²) >= 11 is 0. The van der Waals surface area contributed by atoms with Gasteiger partial charge in [-0.25, -0.2) is 0 Å². The number of hydrogen-bond donors (Lipinski definition) is 1. The van der Waals surface area contributed by atoms with E-state index in [1.54, 1.807) is 7.05 Å². The number of rotatable bonds is 6. The summed E-state index contributed by atoms with van der Waals surface area (Å²) in [6.07, 6.45) is 9.62. The number of piperidine rings is 1. The third-order valence-corrected chi connectivity index (χ3v) is 7.37. The topological polar surface area (TPSA) is 61.9 Å². The zero-order valence-electron chi connectivity index (χ0n) is 18.8. The first-order valence-corrected chi connectivity index (χ1v) is 12.1. The van der Waals surface area contributed by atoms with Crippen LogP contribution in [0.25, 0.3) is 0 Å². The fourth-order valence-corrected chi connectivity index (χ4v) is 5.64. The summed E-state index contributed by atoms with van der Waals surface area (Å²) in [4.78, 5) is 29.8. The lowest BCUT2D eigenvalue weighted by Crippen LogP contribution is -2.52. The molecule has 3 aliphatic rings. The standard InChI is InChI=1S/C25H37N3O3/c1-26-25(30)23-17-22(31-21-10-6-3-7-11-21)18-28(23)20-12-14-27(15-13-20)24(29)16-19-8-4-2-5-9-19/h3,6-7,10-11,19-20,22-23H,2,4-5,8-9,12-18H2,1H3,(H,26,30)/t22-,23-/m0/s1. The van der Waals surface area contributed by atoms with Crippen molar-refractivity contribution in [2.24, 2.45) is 5.92 Å². The number of para-hydroxylation sites is 1. The molecule has 2 saturated heterocycles. The number of likely N-dealkylation sites (tertiary alicyclic amines) is 2. The molecule has 6 heteroatoms. The second-order valence-corrected chi connectivity index (χ2v) is 9.44. The summed E-state index contributed by atoms with van der Waals surface area (Å²) in [6.45, 7) is 2.36. The summed E-state index contributed by atoms with van der Waals surface area (Å²) in [6, 6.07) is 10.0. The van der Waals surface area contributed by atoms with E-state index < -0.39 is 0 Å². The number of carbonyl (C=O) groups is 2. The van der Waals surface area contributed by atoms with Gasteiger partial charge in [-0.3, -0.25) is 14.5 Å². The summed E-state index contributed by atoms with van der Waals surface area (Å²) in [7, 11) is 1.71. The highest BCUT2D eigenvalue weighted by atomic mass is 16.5. The highest BCUT2D eigenvalue weighted by molar-refractivity contribution is 5.82. The molecule has 1 saturated carbocycles.